The van der Waals surface area contributed by atoms with Gasteiger partial charge in [0.25, 0.3) is 0 Å². The predicted octanol–water partition coefficient (Wildman–Crippen LogP) is 4.45. The second kappa shape index (κ2) is 12.9. The van der Waals surface area contributed by atoms with E-state index in [0.717, 1.165) is 59.2 Å². The van der Waals surface area contributed by atoms with Gasteiger partial charge in [-0.15, -0.1) is 0 Å². The van der Waals surface area contributed by atoms with E-state index in [1.54, 1.807) is 12.1 Å². The van der Waals surface area contributed by atoms with Crippen LogP contribution in [0.5, 0.6) is 11.5 Å². The lowest BCUT2D eigenvalue weighted by Crippen LogP contribution is -2.64. The number of rotatable bonds is 8. The van der Waals surface area contributed by atoms with Gasteiger partial charge in [-0.3, -0.25) is 0 Å². The Morgan fingerprint density at radius 3 is 2.31 bits per heavy atom. The Kier molecular flexibility index (Phi) is 8.58. The minimum Gasteiger partial charge on any atom is -0.508 e. The zero-order chi connectivity index (χ0) is 35.5. The lowest BCUT2D eigenvalue weighted by Gasteiger charge is -2.50. The number of nitrogens with one attached hydrogen (secondary N) is 1. The monoisotopic (exact) mass is 697 g/mol. The van der Waals surface area contributed by atoms with Crippen LogP contribution in [0.2, 0.25) is 0 Å². The summed E-state index contributed by atoms with van der Waals surface area (Å²) in [5.74, 6) is -3.76. The number of aromatic hydroxyl groups is 1. The van der Waals surface area contributed by atoms with E-state index < -0.39 is 60.2 Å². The molecule has 4 aromatic carbocycles. The van der Waals surface area contributed by atoms with E-state index >= 15 is 0 Å². The standard InChI is InChI=1S/C40H43NO10/c42-20-29(38(15-4-1-5-16-38)26-9-11-27(45)12-10-26)32-14-17-39(47)36(49-32)35(51-40(39,48)22-44)37(46)50-34-31(21-43)41-30-13-8-25-18-23-6-2-3-7-24(23)19-28(25)33(30)34/h2-3,6-13,18-19,29,32,35-36,41-45,47-48H,1,4-5,14-17,20-22H2. The number of carbonyl (C=O) groups excluding carboxylic acids is 1. The fourth-order valence-electron chi connectivity index (χ4n) is 9.24. The minimum absolute atomic E-state index is 0.0824. The summed E-state index contributed by atoms with van der Waals surface area (Å²) in [6.07, 6.45) is 0.793. The van der Waals surface area contributed by atoms with Crippen LogP contribution in [0.1, 0.15) is 56.2 Å². The molecular weight excluding hydrogens is 654 g/mol. The van der Waals surface area contributed by atoms with Gasteiger partial charge in [-0.2, -0.15) is 0 Å². The number of carbonyl (C=O) groups is 1. The molecule has 6 atom stereocenters. The summed E-state index contributed by atoms with van der Waals surface area (Å²) in [6, 6.07) is 22.7. The molecule has 51 heavy (non-hydrogen) atoms. The SMILES string of the molecule is O=C(Oc1c(CO)[nH]c2ccc3cc4ccccc4cc3c12)C1OC(O)(CO)C2(O)CCC(C(CO)C3(c4ccc(O)cc4)CCCCC3)OC12. The highest BCUT2D eigenvalue weighted by Crippen LogP contribution is 2.53. The summed E-state index contributed by atoms with van der Waals surface area (Å²) < 4.78 is 18.5. The lowest BCUT2D eigenvalue weighted by atomic mass is 9.59. The molecule has 2 saturated heterocycles. The van der Waals surface area contributed by atoms with E-state index in [4.69, 9.17) is 14.2 Å². The average Bonchev–Trinajstić information content (AvgIpc) is 3.63. The first-order valence-corrected chi connectivity index (χ1v) is 17.7. The molecule has 7 N–H and O–H groups in total. The van der Waals surface area contributed by atoms with Gasteiger partial charge in [0.2, 0.25) is 5.79 Å². The van der Waals surface area contributed by atoms with E-state index in [1.807, 2.05) is 60.7 Å². The molecule has 11 nitrogen and oxygen atoms in total. The van der Waals surface area contributed by atoms with Crippen LogP contribution in [0.3, 0.4) is 0 Å². The first-order chi connectivity index (χ1) is 24.6. The molecule has 5 aromatic rings. The maximum atomic E-state index is 14.2. The van der Waals surface area contributed by atoms with Crippen LogP contribution < -0.4 is 4.74 Å². The number of H-pyrrole nitrogens is 1. The summed E-state index contributed by atoms with van der Waals surface area (Å²) in [6.45, 7) is -1.72. The molecule has 0 bridgehead atoms. The summed E-state index contributed by atoms with van der Waals surface area (Å²) >= 11 is 0. The maximum absolute atomic E-state index is 14.2. The molecule has 0 radical (unpaired) electrons. The molecule has 1 aliphatic carbocycles. The average molecular weight is 698 g/mol. The maximum Gasteiger partial charge on any atom is 0.343 e. The van der Waals surface area contributed by atoms with Crippen molar-refractivity contribution in [2.24, 2.45) is 5.92 Å². The van der Waals surface area contributed by atoms with Crippen molar-refractivity contribution < 1.29 is 49.6 Å². The molecule has 11 heteroatoms. The number of benzene rings is 4. The van der Waals surface area contributed by atoms with Gasteiger partial charge in [0.15, 0.2) is 11.9 Å². The number of phenolic OH excluding ortho intramolecular Hbond substituents is 1. The smallest absolute Gasteiger partial charge is 0.343 e. The van der Waals surface area contributed by atoms with Gasteiger partial charge in [-0.1, -0.05) is 61.7 Å². The van der Waals surface area contributed by atoms with Gasteiger partial charge >= 0.3 is 5.97 Å². The highest BCUT2D eigenvalue weighted by atomic mass is 16.7. The fourth-order valence-corrected chi connectivity index (χ4v) is 9.24. The van der Waals surface area contributed by atoms with Crippen LogP contribution >= 0.6 is 0 Å². The third-order valence-electron chi connectivity index (χ3n) is 11.9. The Morgan fingerprint density at radius 2 is 1.63 bits per heavy atom. The number of aromatic amines is 1. The summed E-state index contributed by atoms with van der Waals surface area (Å²) in [4.78, 5) is 17.4. The number of phenols is 1. The summed E-state index contributed by atoms with van der Waals surface area (Å²) in [5.41, 5.74) is -0.835. The quantitative estimate of drug-likeness (QED) is 0.0904. The molecule has 8 rings (SSSR count). The number of aromatic nitrogens is 1. The van der Waals surface area contributed by atoms with Crippen molar-refractivity contribution in [1.82, 2.24) is 4.98 Å². The lowest BCUT2D eigenvalue weighted by molar-refractivity contribution is -0.296. The van der Waals surface area contributed by atoms with Crippen molar-refractivity contribution in [3.63, 3.8) is 0 Å². The summed E-state index contributed by atoms with van der Waals surface area (Å²) in [5, 5.41) is 69.4. The molecule has 3 aliphatic rings. The van der Waals surface area contributed by atoms with Crippen molar-refractivity contribution >= 4 is 38.4 Å². The number of ether oxygens (including phenoxy) is 3. The number of hydrogen-bond donors (Lipinski definition) is 7. The molecule has 1 saturated carbocycles. The Labute approximate surface area is 294 Å². The number of esters is 1. The van der Waals surface area contributed by atoms with Crippen molar-refractivity contribution in [1.29, 1.82) is 0 Å². The van der Waals surface area contributed by atoms with Crippen LogP contribution in [-0.2, 0) is 26.3 Å². The number of hydrogen-bond acceptors (Lipinski definition) is 10. The van der Waals surface area contributed by atoms with Crippen LogP contribution in [0.25, 0.3) is 32.4 Å². The molecule has 3 fully saturated rings. The van der Waals surface area contributed by atoms with Gasteiger partial charge in [-0.25, -0.2) is 4.79 Å². The Morgan fingerprint density at radius 1 is 0.902 bits per heavy atom. The molecule has 6 unspecified atom stereocenters. The van der Waals surface area contributed by atoms with E-state index in [2.05, 4.69) is 4.98 Å². The van der Waals surface area contributed by atoms with E-state index in [9.17, 15) is 35.4 Å². The van der Waals surface area contributed by atoms with Gasteiger partial charge in [0.1, 0.15) is 24.1 Å². The minimum atomic E-state index is -2.54. The molecule has 0 amide bonds. The molecule has 268 valence electrons. The molecule has 1 aromatic heterocycles. The van der Waals surface area contributed by atoms with E-state index in [1.165, 1.54) is 0 Å². The molecule has 0 spiro atoms. The van der Waals surface area contributed by atoms with Crippen LogP contribution in [0, 0.1) is 5.92 Å². The van der Waals surface area contributed by atoms with Crippen LogP contribution in [0.15, 0.2) is 72.8 Å². The normalized spacial score (nSPS) is 28.2. The van der Waals surface area contributed by atoms with Crippen molar-refractivity contribution in [3.8, 4) is 11.5 Å². The third-order valence-corrected chi connectivity index (χ3v) is 11.9. The van der Waals surface area contributed by atoms with Crippen LogP contribution in [-0.4, -0.2) is 84.5 Å². The molecule has 3 heterocycles. The Bertz CT molecular complexity index is 2090. The second-order valence-corrected chi connectivity index (χ2v) is 14.5. The highest BCUT2D eigenvalue weighted by molar-refractivity contribution is 6.14. The van der Waals surface area contributed by atoms with Crippen molar-refractivity contribution in [2.75, 3.05) is 13.2 Å². The van der Waals surface area contributed by atoms with E-state index in [-0.39, 0.29) is 36.6 Å². The number of fused-ring (bicyclic) bond motifs is 5. The van der Waals surface area contributed by atoms with Gasteiger partial charge in [0, 0.05) is 17.9 Å². The van der Waals surface area contributed by atoms with Crippen LogP contribution in [0.4, 0.5) is 0 Å². The van der Waals surface area contributed by atoms with Crippen molar-refractivity contribution in [3.05, 3.63) is 84.1 Å². The largest absolute Gasteiger partial charge is 0.508 e. The predicted molar refractivity (Wildman–Crippen MR) is 188 cm³/mol. The fraction of sp³-hybridized carbons (Fsp3) is 0.425. The van der Waals surface area contributed by atoms with Gasteiger partial charge in [-0.05, 0) is 83.1 Å². The topological polar surface area (TPSA) is 182 Å². The Balaban J connectivity index is 1.16. The molecule has 2 aliphatic heterocycles. The Hall–Kier alpha value is -4.07. The van der Waals surface area contributed by atoms with Gasteiger partial charge in [0.05, 0.1) is 29.3 Å². The third kappa shape index (κ3) is 5.33. The van der Waals surface area contributed by atoms with Crippen molar-refractivity contribution in [2.45, 2.75) is 86.7 Å². The zero-order valence-electron chi connectivity index (χ0n) is 28.1. The molecular formula is C40H43NO10. The number of aliphatic hydroxyl groups is 5. The first-order valence-electron chi connectivity index (χ1n) is 17.7. The second-order valence-electron chi connectivity index (χ2n) is 14.5. The highest BCUT2D eigenvalue weighted by Gasteiger charge is 2.70. The number of aliphatic hydroxyl groups excluding tert-OH is 3. The van der Waals surface area contributed by atoms with Gasteiger partial charge < -0.3 is 49.8 Å². The zero-order valence-corrected chi connectivity index (χ0v) is 28.1. The van der Waals surface area contributed by atoms with E-state index in [0.29, 0.717) is 10.9 Å². The first kappa shape index (κ1) is 34.0. The summed E-state index contributed by atoms with van der Waals surface area (Å²) in [7, 11) is 0.